The lowest BCUT2D eigenvalue weighted by molar-refractivity contribution is 0.0938. The first kappa shape index (κ1) is 17.6. The minimum absolute atomic E-state index is 0.0979. The van der Waals surface area contributed by atoms with Crippen molar-refractivity contribution in [2.75, 3.05) is 6.54 Å². The summed E-state index contributed by atoms with van der Waals surface area (Å²) in [5.74, 6) is 5.53. The predicted molar refractivity (Wildman–Crippen MR) is 88.5 cm³/mol. The van der Waals surface area contributed by atoms with Crippen LogP contribution in [-0.2, 0) is 0 Å². The van der Waals surface area contributed by atoms with E-state index in [1.54, 1.807) is 18.2 Å². The topological polar surface area (TPSA) is 55.1 Å². The van der Waals surface area contributed by atoms with Crippen LogP contribution in [0.25, 0.3) is 0 Å². The Labute approximate surface area is 132 Å². The van der Waals surface area contributed by atoms with Crippen LogP contribution in [0.1, 0.15) is 55.5 Å². The summed E-state index contributed by atoms with van der Waals surface area (Å²) < 4.78 is 0. The molecule has 21 heavy (non-hydrogen) atoms. The summed E-state index contributed by atoms with van der Waals surface area (Å²) in [6.07, 6.45) is 4.50. The van der Waals surface area contributed by atoms with E-state index in [4.69, 9.17) is 17.3 Å². The lowest BCUT2D eigenvalue weighted by atomic mass is 10.1. The molecule has 0 spiro atoms. The monoisotopic (exact) mass is 306 g/mol. The van der Waals surface area contributed by atoms with Gasteiger partial charge in [-0.2, -0.15) is 0 Å². The molecule has 0 bridgehead atoms. The van der Waals surface area contributed by atoms with Gasteiger partial charge in [-0.25, -0.2) is 0 Å². The Kier molecular flexibility index (Phi) is 7.89. The molecule has 1 aromatic carbocycles. The van der Waals surface area contributed by atoms with Crippen molar-refractivity contribution in [2.24, 2.45) is 5.73 Å². The molecule has 0 aliphatic heterocycles. The van der Waals surface area contributed by atoms with Crippen LogP contribution < -0.4 is 11.1 Å². The number of nitrogens with two attached hydrogens (primary N) is 1. The summed E-state index contributed by atoms with van der Waals surface area (Å²) in [5.41, 5.74) is 6.57. The molecule has 1 rings (SSSR count). The number of nitrogens with one attached hydrogen (secondary N) is 1. The van der Waals surface area contributed by atoms with E-state index >= 15 is 0 Å². The fourth-order valence-corrected chi connectivity index (χ4v) is 2.21. The molecule has 114 valence electrons. The molecule has 0 saturated carbocycles. The van der Waals surface area contributed by atoms with E-state index in [9.17, 15) is 4.79 Å². The first-order chi connectivity index (χ1) is 10.1. The predicted octanol–water partition coefficient (Wildman–Crippen LogP) is 3.35. The third-order valence-electron chi connectivity index (χ3n) is 3.17. The lowest BCUT2D eigenvalue weighted by Crippen LogP contribution is -2.32. The molecule has 3 nitrogen and oxygen atoms in total. The molecule has 1 atom stereocenters. The Morgan fingerprint density at radius 3 is 2.81 bits per heavy atom. The van der Waals surface area contributed by atoms with Gasteiger partial charge in [0.1, 0.15) is 0 Å². The number of hydrogen-bond donors (Lipinski definition) is 2. The second kappa shape index (κ2) is 9.44. The molecule has 0 heterocycles. The number of halogens is 1. The lowest BCUT2D eigenvalue weighted by Gasteiger charge is -2.14. The summed E-state index contributed by atoms with van der Waals surface area (Å²) in [7, 11) is 0. The number of carbonyl (C=O) groups is 1. The van der Waals surface area contributed by atoms with E-state index in [0.29, 0.717) is 16.1 Å². The Bertz CT molecular complexity index is 531. The van der Waals surface area contributed by atoms with Crippen LogP contribution >= 0.6 is 11.6 Å². The third-order valence-corrected chi connectivity index (χ3v) is 3.49. The molecule has 0 aliphatic rings. The van der Waals surface area contributed by atoms with Gasteiger partial charge in [-0.15, -0.1) is 0 Å². The highest BCUT2D eigenvalue weighted by Crippen LogP contribution is 2.17. The van der Waals surface area contributed by atoms with Crippen molar-refractivity contribution in [1.29, 1.82) is 0 Å². The maximum absolute atomic E-state index is 12.1. The minimum Gasteiger partial charge on any atom is -0.350 e. The van der Waals surface area contributed by atoms with Gasteiger partial charge in [-0.3, -0.25) is 4.79 Å². The Morgan fingerprint density at radius 1 is 1.43 bits per heavy atom. The van der Waals surface area contributed by atoms with Gasteiger partial charge in [0.2, 0.25) is 0 Å². The van der Waals surface area contributed by atoms with E-state index in [-0.39, 0.29) is 18.5 Å². The quantitative estimate of drug-likeness (QED) is 0.625. The maximum Gasteiger partial charge on any atom is 0.251 e. The van der Waals surface area contributed by atoms with Gasteiger partial charge in [-0.1, -0.05) is 49.6 Å². The largest absolute Gasteiger partial charge is 0.350 e. The van der Waals surface area contributed by atoms with Gasteiger partial charge in [-0.05, 0) is 31.5 Å². The smallest absolute Gasteiger partial charge is 0.251 e. The van der Waals surface area contributed by atoms with Crippen LogP contribution in [0.2, 0.25) is 5.02 Å². The molecular formula is C17H23ClN2O. The molecule has 4 heteroatoms. The summed E-state index contributed by atoms with van der Waals surface area (Å²) in [6.45, 7) is 4.48. The first-order valence-corrected chi connectivity index (χ1v) is 7.75. The zero-order valence-electron chi connectivity index (χ0n) is 12.7. The highest BCUT2D eigenvalue weighted by atomic mass is 35.5. The zero-order valence-corrected chi connectivity index (χ0v) is 13.5. The van der Waals surface area contributed by atoms with Gasteiger partial charge in [0.25, 0.3) is 5.91 Å². The van der Waals surface area contributed by atoms with Gasteiger partial charge < -0.3 is 11.1 Å². The second-order valence-corrected chi connectivity index (χ2v) is 5.48. The minimum atomic E-state index is -0.0979. The molecule has 0 aromatic heterocycles. The maximum atomic E-state index is 12.1. The van der Waals surface area contributed by atoms with E-state index in [1.165, 1.54) is 12.8 Å². The Morgan fingerprint density at radius 2 is 2.19 bits per heavy atom. The van der Waals surface area contributed by atoms with Crippen LogP contribution in [0.4, 0.5) is 0 Å². The van der Waals surface area contributed by atoms with Gasteiger partial charge in [0.15, 0.2) is 0 Å². The molecule has 0 fully saturated rings. The Hall–Kier alpha value is -1.50. The molecule has 1 amide bonds. The van der Waals surface area contributed by atoms with E-state index in [0.717, 1.165) is 12.8 Å². The third kappa shape index (κ3) is 6.20. The first-order valence-electron chi connectivity index (χ1n) is 7.37. The number of benzene rings is 1. The molecular weight excluding hydrogens is 284 g/mol. The van der Waals surface area contributed by atoms with Crippen molar-refractivity contribution >= 4 is 17.5 Å². The molecule has 1 aromatic rings. The average Bonchev–Trinajstić information content (AvgIpc) is 2.46. The second-order valence-electron chi connectivity index (χ2n) is 5.07. The van der Waals surface area contributed by atoms with Gasteiger partial charge >= 0.3 is 0 Å². The van der Waals surface area contributed by atoms with Crippen LogP contribution in [-0.4, -0.2) is 18.5 Å². The van der Waals surface area contributed by atoms with Gasteiger partial charge in [0.05, 0.1) is 11.6 Å². The summed E-state index contributed by atoms with van der Waals surface area (Å²) in [6, 6.07) is 5.30. The highest BCUT2D eigenvalue weighted by Gasteiger charge is 2.11. The van der Waals surface area contributed by atoms with Crippen molar-refractivity contribution in [2.45, 2.75) is 45.6 Å². The van der Waals surface area contributed by atoms with Crippen molar-refractivity contribution < 1.29 is 4.79 Å². The van der Waals surface area contributed by atoms with Crippen LogP contribution in [0, 0.1) is 11.8 Å². The van der Waals surface area contributed by atoms with Crippen LogP contribution in [0.15, 0.2) is 18.2 Å². The molecule has 0 aliphatic carbocycles. The molecule has 0 radical (unpaired) electrons. The average molecular weight is 307 g/mol. The summed E-state index contributed by atoms with van der Waals surface area (Å²) in [4.78, 5) is 12.1. The highest BCUT2D eigenvalue weighted by molar-refractivity contribution is 6.32. The number of rotatable bonds is 6. The van der Waals surface area contributed by atoms with Crippen molar-refractivity contribution in [3.8, 4) is 11.8 Å². The van der Waals surface area contributed by atoms with Crippen LogP contribution in [0.3, 0.4) is 0 Å². The zero-order chi connectivity index (χ0) is 15.7. The van der Waals surface area contributed by atoms with E-state index in [1.807, 2.05) is 6.92 Å². The number of unbranched alkanes of at least 4 members (excludes halogenated alkanes) is 2. The Balaban J connectivity index is 2.64. The van der Waals surface area contributed by atoms with Crippen LogP contribution in [0.5, 0.6) is 0 Å². The van der Waals surface area contributed by atoms with Crippen molar-refractivity contribution in [3.05, 3.63) is 34.3 Å². The number of hydrogen-bond acceptors (Lipinski definition) is 2. The number of carbonyl (C=O) groups excluding carboxylic acids is 1. The van der Waals surface area contributed by atoms with E-state index < -0.39 is 0 Å². The fourth-order valence-electron chi connectivity index (χ4n) is 1.98. The van der Waals surface area contributed by atoms with Crippen molar-refractivity contribution in [1.82, 2.24) is 5.32 Å². The number of amides is 1. The molecule has 0 saturated heterocycles. The van der Waals surface area contributed by atoms with Gasteiger partial charge in [0, 0.05) is 17.2 Å². The van der Waals surface area contributed by atoms with E-state index in [2.05, 4.69) is 24.1 Å². The SMILES string of the molecule is CCCCCC(C)NC(=O)c1ccc(C#CCN)c(Cl)c1. The normalized spacial score (nSPS) is 11.4. The van der Waals surface area contributed by atoms with Crippen molar-refractivity contribution in [3.63, 3.8) is 0 Å². The molecule has 3 N–H and O–H groups in total. The summed E-state index contributed by atoms with van der Waals surface area (Å²) in [5, 5.41) is 3.47. The molecule has 1 unspecified atom stereocenters. The summed E-state index contributed by atoms with van der Waals surface area (Å²) >= 11 is 6.12. The standard InChI is InChI=1S/C17H23ClN2O/c1-3-4-5-7-13(2)20-17(21)15-10-9-14(8-6-11-19)16(18)12-15/h9-10,12-13H,3-5,7,11,19H2,1-2H3,(H,20,21). The fraction of sp³-hybridized carbons (Fsp3) is 0.471.